The van der Waals surface area contributed by atoms with Crippen LogP contribution in [0, 0.1) is 0 Å². The van der Waals surface area contributed by atoms with Gasteiger partial charge in [-0.3, -0.25) is 0 Å². The molecule has 0 atom stereocenters. The highest BCUT2D eigenvalue weighted by atomic mass is 32.1. The smallest absolute Gasteiger partial charge is 0.185 e. The summed E-state index contributed by atoms with van der Waals surface area (Å²) in [6.45, 7) is 0.956. The van der Waals surface area contributed by atoms with Crippen LogP contribution in [0.3, 0.4) is 0 Å². The lowest BCUT2D eigenvalue weighted by molar-refractivity contribution is 0.812. The fourth-order valence-corrected chi connectivity index (χ4v) is 2.59. The second-order valence-corrected chi connectivity index (χ2v) is 5.07. The van der Waals surface area contributed by atoms with Crippen LogP contribution in [0.1, 0.15) is 29.3 Å². The van der Waals surface area contributed by atoms with E-state index in [-0.39, 0.29) is 0 Å². The highest BCUT2D eigenvalue weighted by Gasteiger charge is 2.29. The van der Waals surface area contributed by atoms with Gasteiger partial charge in [-0.05, 0) is 19.9 Å². The van der Waals surface area contributed by atoms with E-state index in [1.165, 1.54) is 23.4 Å². The third-order valence-electron chi connectivity index (χ3n) is 2.40. The first kappa shape index (κ1) is 9.93. The molecule has 0 aliphatic heterocycles. The van der Waals surface area contributed by atoms with Gasteiger partial charge in [-0.15, -0.1) is 11.3 Å². The van der Waals surface area contributed by atoms with E-state index in [1.54, 1.807) is 0 Å². The zero-order valence-corrected chi connectivity index (χ0v) is 9.82. The van der Waals surface area contributed by atoms with Gasteiger partial charge in [-0.2, -0.15) is 0 Å². The third-order valence-corrected chi connectivity index (χ3v) is 3.64. The topological polar surface area (TPSA) is 28.2 Å². The third kappa shape index (κ3) is 1.91. The number of hydrogen-bond donors (Lipinski definition) is 1. The maximum Gasteiger partial charge on any atom is 0.185 e. The second kappa shape index (κ2) is 3.87. The summed E-state index contributed by atoms with van der Waals surface area (Å²) in [6.07, 6.45) is 2.65. The Kier molecular flexibility index (Phi) is 2.74. The van der Waals surface area contributed by atoms with Crippen molar-refractivity contribution in [3.05, 3.63) is 10.6 Å². The van der Waals surface area contributed by atoms with Gasteiger partial charge in [0, 0.05) is 31.4 Å². The quantitative estimate of drug-likeness (QED) is 0.823. The van der Waals surface area contributed by atoms with Crippen LogP contribution in [-0.2, 0) is 6.54 Å². The molecule has 1 heterocycles. The van der Waals surface area contributed by atoms with Gasteiger partial charge in [0.2, 0.25) is 0 Å². The summed E-state index contributed by atoms with van der Waals surface area (Å²) < 4.78 is 0. The lowest BCUT2D eigenvalue weighted by Gasteiger charge is -2.05. The monoisotopic (exact) mass is 211 g/mol. The lowest BCUT2D eigenvalue weighted by atomic mass is 10.2. The first-order valence-electron chi connectivity index (χ1n) is 5.04. The van der Waals surface area contributed by atoms with Crippen molar-refractivity contribution in [2.75, 3.05) is 26.0 Å². The highest BCUT2D eigenvalue weighted by Crippen LogP contribution is 2.43. The predicted octanol–water partition coefficient (Wildman–Crippen LogP) is 1.81. The van der Waals surface area contributed by atoms with E-state index < -0.39 is 0 Å². The lowest BCUT2D eigenvalue weighted by Crippen LogP contribution is -2.07. The molecule has 0 unspecified atom stereocenters. The fourth-order valence-electron chi connectivity index (χ4n) is 1.50. The van der Waals surface area contributed by atoms with Crippen molar-refractivity contribution in [1.29, 1.82) is 0 Å². The average molecular weight is 211 g/mol. The zero-order valence-electron chi connectivity index (χ0n) is 9.00. The molecule has 0 aromatic carbocycles. The number of nitrogens with one attached hydrogen (secondary N) is 1. The second-order valence-electron chi connectivity index (χ2n) is 4.00. The molecular weight excluding hydrogens is 194 g/mol. The molecule has 0 spiro atoms. The number of aromatic nitrogens is 1. The van der Waals surface area contributed by atoms with Crippen LogP contribution < -0.4 is 10.2 Å². The first-order chi connectivity index (χ1) is 6.72. The summed E-state index contributed by atoms with van der Waals surface area (Å²) in [7, 11) is 6.10. The van der Waals surface area contributed by atoms with Gasteiger partial charge in [0.25, 0.3) is 0 Å². The summed E-state index contributed by atoms with van der Waals surface area (Å²) in [5.41, 5.74) is 1.34. The molecule has 1 aromatic heterocycles. The molecule has 4 heteroatoms. The standard InChI is InChI=1S/C10H17N3S/c1-11-6-8-9(7-4-5-7)12-10(14-8)13(2)3/h7,11H,4-6H2,1-3H3. The van der Waals surface area contributed by atoms with E-state index >= 15 is 0 Å². The minimum atomic E-state index is 0.753. The van der Waals surface area contributed by atoms with Crippen molar-refractivity contribution in [3.8, 4) is 0 Å². The van der Waals surface area contributed by atoms with Crippen molar-refractivity contribution in [2.45, 2.75) is 25.3 Å². The highest BCUT2D eigenvalue weighted by molar-refractivity contribution is 7.15. The Hall–Kier alpha value is -0.610. The molecule has 0 bridgehead atoms. The minimum absolute atomic E-state index is 0.753. The number of nitrogens with zero attached hydrogens (tertiary/aromatic N) is 2. The SMILES string of the molecule is CNCc1sc(N(C)C)nc1C1CC1. The van der Waals surface area contributed by atoms with E-state index in [2.05, 4.69) is 24.3 Å². The summed E-state index contributed by atoms with van der Waals surface area (Å²) in [5, 5.41) is 4.35. The van der Waals surface area contributed by atoms with Crippen LogP contribution in [-0.4, -0.2) is 26.1 Å². The van der Waals surface area contributed by atoms with Crippen LogP contribution >= 0.6 is 11.3 Å². The fraction of sp³-hybridized carbons (Fsp3) is 0.700. The van der Waals surface area contributed by atoms with E-state index in [1.807, 2.05) is 18.4 Å². The van der Waals surface area contributed by atoms with Crippen LogP contribution in [0.4, 0.5) is 5.13 Å². The molecular formula is C10H17N3S. The molecule has 3 nitrogen and oxygen atoms in total. The van der Waals surface area contributed by atoms with Crippen LogP contribution in [0.2, 0.25) is 0 Å². The van der Waals surface area contributed by atoms with Crippen molar-refractivity contribution < 1.29 is 0 Å². The Labute approximate surface area is 89.1 Å². The van der Waals surface area contributed by atoms with Gasteiger partial charge in [0.1, 0.15) is 0 Å². The van der Waals surface area contributed by atoms with Crippen molar-refractivity contribution in [3.63, 3.8) is 0 Å². The largest absolute Gasteiger partial charge is 0.354 e. The van der Waals surface area contributed by atoms with Crippen molar-refractivity contribution in [1.82, 2.24) is 10.3 Å². The summed E-state index contributed by atoms with van der Waals surface area (Å²) in [5.74, 6) is 0.753. The molecule has 0 amide bonds. The van der Waals surface area contributed by atoms with Crippen molar-refractivity contribution in [2.24, 2.45) is 0 Å². The minimum Gasteiger partial charge on any atom is -0.354 e. The van der Waals surface area contributed by atoms with E-state index in [4.69, 9.17) is 4.98 Å². The van der Waals surface area contributed by atoms with Crippen LogP contribution in [0.5, 0.6) is 0 Å². The summed E-state index contributed by atoms with van der Waals surface area (Å²) >= 11 is 1.81. The van der Waals surface area contributed by atoms with E-state index in [9.17, 15) is 0 Å². The Morgan fingerprint density at radius 1 is 1.50 bits per heavy atom. The Morgan fingerprint density at radius 3 is 2.71 bits per heavy atom. The molecule has 14 heavy (non-hydrogen) atoms. The average Bonchev–Trinajstić information content (AvgIpc) is 2.89. The van der Waals surface area contributed by atoms with Gasteiger partial charge in [-0.25, -0.2) is 4.98 Å². The number of anilines is 1. The molecule has 1 aromatic rings. The van der Waals surface area contributed by atoms with Crippen molar-refractivity contribution >= 4 is 16.5 Å². The van der Waals surface area contributed by atoms with Gasteiger partial charge in [-0.1, -0.05) is 0 Å². The van der Waals surface area contributed by atoms with E-state index in [0.29, 0.717) is 0 Å². The molecule has 1 fully saturated rings. The molecule has 1 N–H and O–H groups in total. The molecule has 1 aliphatic carbocycles. The number of thiazole rings is 1. The molecule has 78 valence electrons. The molecule has 1 aliphatic rings. The molecule has 0 radical (unpaired) electrons. The summed E-state index contributed by atoms with van der Waals surface area (Å²) in [4.78, 5) is 8.20. The normalized spacial score (nSPS) is 15.9. The van der Waals surface area contributed by atoms with Gasteiger partial charge in [0.15, 0.2) is 5.13 Å². The summed E-state index contributed by atoms with van der Waals surface area (Å²) in [6, 6.07) is 0. The first-order valence-corrected chi connectivity index (χ1v) is 5.85. The van der Waals surface area contributed by atoms with Crippen LogP contribution in [0.15, 0.2) is 0 Å². The Morgan fingerprint density at radius 2 is 2.21 bits per heavy atom. The number of rotatable bonds is 4. The Bertz CT molecular complexity index is 315. The van der Waals surface area contributed by atoms with Crippen LogP contribution in [0.25, 0.3) is 0 Å². The molecule has 1 saturated carbocycles. The predicted molar refractivity (Wildman–Crippen MR) is 61.2 cm³/mol. The van der Waals surface area contributed by atoms with E-state index in [0.717, 1.165) is 17.6 Å². The van der Waals surface area contributed by atoms with Gasteiger partial charge >= 0.3 is 0 Å². The zero-order chi connectivity index (χ0) is 10.1. The maximum absolute atomic E-state index is 4.69. The maximum atomic E-state index is 4.69. The van der Waals surface area contributed by atoms with Gasteiger partial charge in [0.05, 0.1) is 5.69 Å². The van der Waals surface area contributed by atoms with Gasteiger partial charge < -0.3 is 10.2 Å². The Balaban J connectivity index is 2.25. The number of hydrogen-bond acceptors (Lipinski definition) is 4. The molecule has 0 saturated heterocycles. The molecule has 2 rings (SSSR count).